The van der Waals surface area contributed by atoms with E-state index < -0.39 is 24.2 Å². The number of hydrogen-bond donors (Lipinski definition) is 4. The van der Waals surface area contributed by atoms with Gasteiger partial charge in [-0.2, -0.15) is 10.1 Å². The van der Waals surface area contributed by atoms with E-state index in [0.29, 0.717) is 54.6 Å². The second-order valence-corrected chi connectivity index (χ2v) is 14.1. The van der Waals surface area contributed by atoms with Crippen LogP contribution in [0, 0.1) is 0 Å². The average Bonchev–Trinajstić information content (AvgIpc) is 3.56. The number of aryl methyl sites for hydroxylation is 3. The minimum atomic E-state index is -2.69. The summed E-state index contributed by atoms with van der Waals surface area (Å²) < 4.78 is 27.8. The number of piperidine rings is 2. The molecular formula is C35H41ClN10O4. The maximum Gasteiger partial charge on any atom is 0.328 e. The van der Waals surface area contributed by atoms with Gasteiger partial charge in [-0.05, 0) is 75.9 Å². The van der Waals surface area contributed by atoms with Crippen LogP contribution in [-0.2, 0) is 30.2 Å². The Bertz CT molecular complexity index is 2290. The Morgan fingerprint density at radius 2 is 1.82 bits per heavy atom. The number of carbonyl (C=O) groups excluding carboxylic acids is 2. The number of halogens is 1. The normalized spacial score (nSPS) is 18.6. The van der Waals surface area contributed by atoms with Crippen LogP contribution in [0.2, 0.25) is 5.02 Å². The van der Waals surface area contributed by atoms with Gasteiger partial charge in [0, 0.05) is 67.0 Å². The van der Waals surface area contributed by atoms with Crippen molar-refractivity contribution in [3.63, 3.8) is 0 Å². The number of imidazole rings is 1. The summed E-state index contributed by atoms with van der Waals surface area (Å²) in [6, 6.07) is 11.1. The first-order valence-corrected chi connectivity index (χ1v) is 17.0. The molecule has 5 heterocycles. The molecule has 2 saturated heterocycles. The van der Waals surface area contributed by atoms with E-state index in [1.807, 2.05) is 25.2 Å². The number of carbonyl (C=O) groups is 2. The molecule has 5 aromatic rings. The summed E-state index contributed by atoms with van der Waals surface area (Å²) in [6.45, 7) is 2.08. The smallest absolute Gasteiger partial charge is 0.328 e. The topological polar surface area (TPSA) is 164 Å². The lowest BCUT2D eigenvalue weighted by Gasteiger charge is -2.33. The molecule has 4 N–H and O–H groups in total. The highest BCUT2D eigenvalue weighted by molar-refractivity contribution is 6.33. The van der Waals surface area contributed by atoms with Gasteiger partial charge in [0.1, 0.15) is 5.02 Å². The zero-order valence-electron chi connectivity index (χ0n) is 31.0. The van der Waals surface area contributed by atoms with Crippen LogP contribution in [0.3, 0.4) is 0 Å². The fourth-order valence-electron chi connectivity index (χ4n) is 6.72. The second-order valence-electron chi connectivity index (χ2n) is 13.7. The molecule has 262 valence electrons. The van der Waals surface area contributed by atoms with Gasteiger partial charge in [-0.3, -0.25) is 28.7 Å². The fourth-order valence-corrected chi connectivity index (χ4v) is 6.85. The Kier molecular flexibility index (Phi) is 7.82. The van der Waals surface area contributed by atoms with Crippen molar-refractivity contribution in [1.29, 1.82) is 0 Å². The van der Waals surface area contributed by atoms with E-state index in [1.165, 1.54) is 10.8 Å². The number of rotatable bonds is 9. The molecule has 3 aromatic heterocycles. The second kappa shape index (κ2) is 13.1. The van der Waals surface area contributed by atoms with Crippen molar-refractivity contribution in [2.24, 2.45) is 14.0 Å². The summed E-state index contributed by atoms with van der Waals surface area (Å²) in [4.78, 5) is 48.7. The van der Waals surface area contributed by atoms with Crippen molar-refractivity contribution in [3.8, 4) is 0 Å². The minimum absolute atomic E-state index is 0.123. The van der Waals surface area contributed by atoms with Crippen molar-refractivity contribution < 1.29 is 18.8 Å². The van der Waals surface area contributed by atoms with E-state index in [1.54, 1.807) is 36.7 Å². The Balaban J connectivity index is 1.04. The van der Waals surface area contributed by atoms with Gasteiger partial charge in [-0.1, -0.05) is 11.6 Å². The average molecular weight is 704 g/mol. The molecule has 1 unspecified atom stereocenters. The number of aliphatic hydroxyl groups is 1. The first kappa shape index (κ1) is 29.9. The lowest BCUT2D eigenvalue weighted by molar-refractivity contribution is -0.134. The molecule has 14 nitrogen and oxygen atoms in total. The Morgan fingerprint density at radius 3 is 2.56 bits per heavy atom. The number of aromatic nitrogens is 6. The van der Waals surface area contributed by atoms with E-state index in [4.69, 9.17) is 20.7 Å². The number of hydrogen-bond acceptors (Lipinski definition) is 10. The first-order chi connectivity index (χ1) is 25.1. The Hall–Kier alpha value is -4.95. The number of imide groups is 1. The van der Waals surface area contributed by atoms with E-state index in [0.717, 1.165) is 34.0 Å². The van der Waals surface area contributed by atoms with Crippen LogP contribution in [0.4, 0.5) is 23.1 Å². The third-order valence-electron chi connectivity index (χ3n) is 9.47. The lowest BCUT2D eigenvalue weighted by Crippen LogP contribution is -2.40. The Labute approximate surface area is 297 Å². The van der Waals surface area contributed by atoms with Crippen molar-refractivity contribution >= 4 is 68.5 Å². The third-order valence-corrected chi connectivity index (χ3v) is 9.75. The molecule has 1 atom stereocenters. The predicted molar refractivity (Wildman–Crippen MR) is 193 cm³/mol. The van der Waals surface area contributed by atoms with Crippen LogP contribution >= 0.6 is 11.6 Å². The summed E-state index contributed by atoms with van der Waals surface area (Å²) in [5.74, 6) is -0.154. The number of fused-ring (bicyclic) bond motifs is 2. The van der Waals surface area contributed by atoms with Crippen molar-refractivity contribution in [2.45, 2.75) is 70.1 Å². The molecule has 0 radical (unpaired) electrons. The molecule has 0 spiro atoms. The molecule has 7 rings (SSSR count). The van der Waals surface area contributed by atoms with Gasteiger partial charge in [0.25, 0.3) is 0 Å². The molecule has 50 heavy (non-hydrogen) atoms. The predicted octanol–water partition coefficient (Wildman–Crippen LogP) is 4.18. The van der Waals surface area contributed by atoms with Crippen LogP contribution in [-0.4, -0.2) is 70.5 Å². The molecular weight excluding hydrogens is 660 g/mol. The molecule has 0 saturated carbocycles. The van der Waals surface area contributed by atoms with Crippen molar-refractivity contribution in [2.75, 3.05) is 28.6 Å². The van der Waals surface area contributed by atoms with E-state index in [-0.39, 0.29) is 41.4 Å². The SMILES string of the molecule is [2H]C([2H])([2H])n1c(=O)n(CCC(C)(C)O)c2cc(Nc3nc(N4CCC(Nc5ccc6c(C7CCC(=O)NC7=O)nn(C)c6c5)CC4)ncc3Cl)ccc21. The van der Waals surface area contributed by atoms with E-state index >= 15 is 0 Å². The largest absolute Gasteiger partial charge is 0.390 e. The maximum atomic E-state index is 13.2. The molecule has 15 heteroatoms. The standard InChI is InChI=1S/C35H41ClN10O4/c1-35(2,50)13-16-46-28-18-22(6-9-26(28)43(3)34(46)49)39-31-25(36)19-37-33(41-31)45-14-11-20(12-15-45)38-21-5-7-23-27(17-21)44(4)42-30(23)24-8-10-29(47)40-32(24)48/h5-7,9,17-20,24,38,50H,8,10-16H2,1-4H3,(H,37,39,41)(H,40,47,48)/i3D3. The van der Waals surface area contributed by atoms with Gasteiger partial charge in [-0.15, -0.1) is 0 Å². The number of benzene rings is 2. The molecule has 2 aromatic carbocycles. The monoisotopic (exact) mass is 703 g/mol. The number of nitrogens with one attached hydrogen (secondary N) is 3. The summed E-state index contributed by atoms with van der Waals surface area (Å²) in [5.41, 5.74) is 1.97. The highest BCUT2D eigenvalue weighted by Gasteiger charge is 2.32. The van der Waals surface area contributed by atoms with Crippen LogP contribution in [0.15, 0.2) is 47.4 Å². The summed E-state index contributed by atoms with van der Waals surface area (Å²) in [6.07, 6.45) is 4.15. The molecule has 2 fully saturated rings. The van der Waals surface area contributed by atoms with Gasteiger partial charge >= 0.3 is 5.69 Å². The zero-order chi connectivity index (χ0) is 37.8. The lowest BCUT2D eigenvalue weighted by atomic mass is 9.93. The number of nitrogens with zero attached hydrogens (tertiary/aromatic N) is 7. The summed E-state index contributed by atoms with van der Waals surface area (Å²) >= 11 is 6.53. The van der Waals surface area contributed by atoms with Crippen LogP contribution in [0.5, 0.6) is 0 Å². The third kappa shape index (κ3) is 6.64. The van der Waals surface area contributed by atoms with Gasteiger partial charge in [0.15, 0.2) is 5.82 Å². The van der Waals surface area contributed by atoms with Crippen molar-refractivity contribution in [1.82, 2.24) is 34.2 Å². The molecule has 0 aliphatic carbocycles. The zero-order valence-corrected chi connectivity index (χ0v) is 28.8. The Morgan fingerprint density at radius 1 is 1.06 bits per heavy atom. The molecule has 2 amide bonds. The van der Waals surface area contributed by atoms with E-state index in [2.05, 4.69) is 30.9 Å². The number of amides is 2. The maximum absolute atomic E-state index is 13.2. The first-order valence-electron chi connectivity index (χ1n) is 18.2. The van der Waals surface area contributed by atoms with Crippen LogP contribution < -0.4 is 26.5 Å². The van der Waals surface area contributed by atoms with Crippen molar-refractivity contribution in [3.05, 3.63) is 63.8 Å². The highest BCUT2D eigenvalue weighted by Crippen LogP contribution is 2.33. The minimum Gasteiger partial charge on any atom is -0.390 e. The highest BCUT2D eigenvalue weighted by atomic mass is 35.5. The fraction of sp³-hybridized carbons (Fsp3) is 0.429. The van der Waals surface area contributed by atoms with Gasteiger partial charge in [0.05, 0.1) is 40.0 Å². The summed E-state index contributed by atoms with van der Waals surface area (Å²) in [5, 5.41) is 25.4. The van der Waals surface area contributed by atoms with Gasteiger partial charge in [0.2, 0.25) is 17.8 Å². The van der Waals surface area contributed by atoms with Gasteiger partial charge in [-0.25, -0.2) is 9.78 Å². The molecule has 2 aliphatic rings. The van der Waals surface area contributed by atoms with E-state index in [9.17, 15) is 19.5 Å². The number of anilines is 4. The summed E-state index contributed by atoms with van der Waals surface area (Å²) in [7, 11) is 1.85. The molecule has 2 aliphatic heterocycles. The molecule has 0 bridgehead atoms. The quantitative estimate of drug-likeness (QED) is 0.164. The van der Waals surface area contributed by atoms with Crippen LogP contribution in [0.25, 0.3) is 21.9 Å². The van der Waals surface area contributed by atoms with Gasteiger partial charge < -0.3 is 20.6 Å². The van der Waals surface area contributed by atoms with Crippen LogP contribution in [0.1, 0.15) is 61.7 Å².